The summed E-state index contributed by atoms with van der Waals surface area (Å²) in [5, 5.41) is 0. The van der Waals surface area contributed by atoms with Crippen molar-refractivity contribution in [2.75, 3.05) is 0 Å². The normalized spacial score (nSPS) is 10.5. The van der Waals surface area contributed by atoms with E-state index in [1.807, 2.05) is 12.1 Å². The first-order valence-corrected chi connectivity index (χ1v) is 8.44. The number of rotatable bonds is 10. The number of aryl methyl sites for hydroxylation is 2. The van der Waals surface area contributed by atoms with E-state index in [0.29, 0.717) is 5.78 Å². The Balaban J connectivity index is 1.49. The Kier molecular flexibility index (Phi) is 7.45. The highest BCUT2D eigenvalue weighted by Gasteiger charge is 2.02. The van der Waals surface area contributed by atoms with Gasteiger partial charge >= 0.3 is 0 Å². The number of ketones is 1. The number of unbranched alkanes of at least 4 members (excludes halogenated alkanes) is 2. The Bertz CT molecular complexity index is 481. The second kappa shape index (κ2) is 9.94. The van der Waals surface area contributed by atoms with Gasteiger partial charge < -0.3 is 0 Å². The quantitative estimate of drug-likeness (QED) is 0.537. The number of Topliss-reactive ketones (excluding diaryl/α,β-unsaturated/α-hetero) is 1. The minimum atomic E-state index is 0.432. The van der Waals surface area contributed by atoms with Crippen LogP contribution < -0.4 is 0 Å². The van der Waals surface area contributed by atoms with Crippen molar-refractivity contribution in [1.82, 2.24) is 0 Å². The maximum absolute atomic E-state index is 11.9. The van der Waals surface area contributed by atoms with E-state index in [0.717, 1.165) is 51.4 Å². The van der Waals surface area contributed by atoms with Crippen molar-refractivity contribution in [3.8, 4) is 0 Å². The van der Waals surface area contributed by atoms with Crippen LogP contribution in [0.5, 0.6) is 0 Å². The summed E-state index contributed by atoms with van der Waals surface area (Å²) in [6.07, 6.45) is 7.93. The number of hydrogen-bond acceptors (Lipinski definition) is 1. The van der Waals surface area contributed by atoms with E-state index < -0.39 is 0 Å². The maximum atomic E-state index is 11.9. The molecule has 22 heavy (non-hydrogen) atoms. The molecule has 0 atom stereocenters. The van der Waals surface area contributed by atoms with Gasteiger partial charge in [-0.1, -0.05) is 60.7 Å². The summed E-state index contributed by atoms with van der Waals surface area (Å²) >= 11 is 0. The summed E-state index contributed by atoms with van der Waals surface area (Å²) in [7, 11) is 0. The van der Waals surface area contributed by atoms with Crippen molar-refractivity contribution in [2.45, 2.75) is 51.4 Å². The largest absolute Gasteiger partial charge is 0.300 e. The number of carbonyl (C=O) groups excluding carboxylic acids is 1. The van der Waals surface area contributed by atoms with Crippen LogP contribution in [0.4, 0.5) is 0 Å². The standard InChI is InChI=1S/C21H26O/c22-21(17-9-7-15-19-11-3-1-4-12-19)18-10-8-16-20-13-5-2-6-14-20/h1-6,11-14H,7-10,15-18H2. The van der Waals surface area contributed by atoms with Gasteiger partial charge in [-0.25, -0.2) is 0 Å². The molecular weight excluding hydrogens is 268 g/mol. The van der Waals surface area contributed by atoms with Crippen molar-refractivity contribution in [3.05, 3.63) is 71.8 Å². The zero-order chi connectivity index (χ0) is 15.5. The highest BCUT2D eigenvalue weighted by atomic mass is 16.1. The summed E-state index contributed by atoms with van der Waals surface area (Å²) in [5.41, 5.74) is 2.75. The lowest BCUT2D eigenvalue weighted by molar-refractivity contribution is -0.119. The highest BCUT2D eigenvalue weighted by molar-refractivity contribution is 5.78. The predicted molar refractivity (Wildman–Crippen MR) is 93.0 cm³/mol. The molecule has 0 saturated heterocycles. The molecule has 0 radical (unpaired) electrons. The molecule has 2 aromatic rings. The summed E-state index contributed by atoms with van der Waals surface area (Å²) in [4.78, 5) is 11.9. The Morgan fingerprint density at radius 2 is 1.00 bits per heavy atom. The number of carbonyl (C=O) groups is 1. The van der Waals surface area contributed by atoms with Crippen LogP contribution in [0.25, 0.3) is 0 Å². The predicted octanol–water partition coefficient (Wildman–Crippen LogP) is 5.38. The van der Waals surface area contributed by atoms with Gasteiger partial charge in [-0.05, 0) is 49.7 Å². The van der Waals surface area contributed by atoms with Crippen LogP contribution in [0.2, 0.25) is 0 Å². The van der Waals surface area contributed by atoms with Crippen molar-refractivity contribution >= 4 is 5.78 Å². The van der Waals surface area contributed by atoms with Crippen molar-refractivity contribution in [3.63, 3.8) is 0 Å². The van der Waals surface area contributed by atoms with E-state index in [2.05, 4.69) is 48.5 Å². The second-order valence-electron chi connectivity index (χ2n) is 5.92. The van der Waals surface area contributed by atoms with Crippen LogP contribution in [0.3, 0.4) is 0 Å². The van der Waals surface area contributed by atoms with Gasteiger partial charge in [0.1, 0.15) is 5.78 Å². The van der Waals surface area contributed by atoms with Crippen molar-refractivity contribution in [1.29, 1.82) is 0 Å². The summed E-state index contributed by atoms with van der Waals surface area (Å²) in [6.45, 7) is 0. The third-order valence-corrected chi connectivity index (χ3v) is 4.03. The molecule has 0 bridgehead atoms. The monoisotopic (exact) mass is 294 g/mol. The average Bonchev–Trinajstić information content (AvgIpc) is 2.57. The minimum Gasteiger partial charge on any atom is -0.300 e. The fourth-order valence-corrected chi connectivity index (χ4v) is 2.72. The van der Waals surface area contributed by atoms with Crippen LogP contribution >= 0.6 is 0 Å². The molecule has 0 N–H and O–H groups in total. The molecule has 1 heteroatoms. The third-order valence-electron chi connectivity index (χ3n) is 4.03. The molecule has 0 saturated carbocycles. The van der Waals surface area contributed by atoms with Gasteiger partial charge in [0.2, 0.25) is 0 Å². The van der Waals surface area contributed by atoms with E-state index in [1.165, 1.54) is 11.1 Å². The Morgan fingerprint density at radius 3 is 1.41 bits per heavy atom. The fraction of sp³-hybridized carbons (Fsp3) is 0.381. The Hall–Kier alpha value is -1.89. The molecule has 2 rings (SSSR count). The zero-order valence-corrected chi connectivity index (χ0v) is 13.3. The lowest BCUT2D eigenvalue weighted by Gasteiger charge is -2.03. The van der Waals surface area contributed by atoms with Gasteiger partial charge in [-0.15, -0.1) is 0 Å². The summed E-state index contributed by atoms with van der Waals surface area (Å²) < 4.78 is 0. The molecule has 0 heterocycles. The fourth-order valence-electron chi connectivity index (χ4n) is 2.72. The molecule has 2 aromatic carbocycles. The molecule has 0 spiro atoms. The van der Waals surface area contributed by atoms with E-state index >= 15 is 0 Å². The Morgan fingerprint density at radius 1 is 0.591 bits per heavy atom. The van der Waals surface area contributed by atoms with E-state index in [-0.39, 0.29) is 0 Å². The molecule has 0 aromatic heterocycles. The van der Waals surface area contributed by atoms with Crippen LogP contribution in [0, 0.1) is 0 Å². The maximum Gasteiger partial charge on any atom is 0.132 e. The molecule has 1 nitrogen and oxygen atoms in total. The number of benzene rings is 2. The molecule has 116 valence electrons. The van der Waals surface area contributed by atoms with Gasteiger partial charge in [0.05, 0.1) is 0 Å². The lowest BCUT2D eigenvalue weighted by Crippen LogP contribution is -1.99. The average molecular weight is 294 g/mol. The third kappa shape index (κ3) is 6.71. The molecule has 0 aliphatic heterocycles. The minimum absolute atomic E-state index is 0.432. The summed E-state index contributed by atoms with van der Waals surface area (Å²) in [6, 6.07) is 21.0. The van der Waals surface area contributed by atoms with Gasteiger partial charge in [-0.3, -0.25) is 4.79 Å². The van der Waals surface area contributed by atoms with Crippen molar-refractivity contribution in [2.24, 2.45) is 0 Å². The second-order valence-corrected chi connectivity index (χ2v) is 5.92. The molecule has 0 fully saturated rings. The van der Waals surface area contributed by atoms with Gasteiger partial charge in [0, 0.05) is 12.8 Å². The first-order valence-electron chi connectivity index (χ1n) is 8.44. The SMILES string of the molecule is O=C(CCCCc1ccccc1)CCCCc1ccccc1. The van der Waals surface area contributed by atoms with Crippen LogP contribution in [0.15, 0.2) is 60.7 Å². The summed E-state index contributed by atoms with van der Waals surface area (Å²) in [5.74, 6) is 0.432. The molecule has 0 unspecified atom stereocenters. The van der Waals surface area contributed by atoms with E-state index in [9.17, 15) is 4.79 Å². The molecule has 0 aliphatic carbocycles. The van der Waals surface area contributed by atoms with Crippen LogP contribution in [-0.2, 0) is 17.6 Å². The van der Waals surface area contributed by atoms with Gasteiger partial charge in [0.25, 0.3) is 0 Å². The highest BCUT2D eigenvalue weighted by Crippen LogP contribution is 2.10. The van der Waals surface area contributed by atoms with Gasteiger partial charge in [0.15, 0.2) is 0 Å². The Labute approximate surface area is 134 Å². The smallest absolute Gasteiger partial charge is 0.132 e. The van der Waals surface area contributed by atoms with Crippen molar-refractivity contribution < 1.29 is 4.79 Å². The topological polar surface area (TPSA) is 17.1 Å². The first-order chi connectivity index (χ1) is 10.8. The lowest BCUT2D eigenvalue weighted by atomic mass is 10.0. The molecule has 0 aliphatic rings. The van der Waals surface area contributed by atoms with Crippen LogP contribution in [-0.4, -0.2) is 5.78 Å². The molecular formula is C21H26O. The van der Waals surface area contributed by atoms with Crippen LogP contribution in [0.1, 0.15) is 49.7 Å². The molecule has 0 amide bonds. The van der Waals surface area contributed by atoms with E-state index in [1.54, 1.807) is 0 Å². The first kappa shape index (κ1) is 16.5. The van der Waals surface area contributed by atoms with Gasteiger partial charge in [-0.2, -0.15) is 0 Å². The number of hydrogen-bond donors (Lipinski definition) is 0. The van der Waals surface area contributed by atoms with E-state index in [4.69, 9.17) is 0 Å². The zero-order valence-electron chi connectivity index (χ0n) is 13.3.